The van der Waals surface area contributed by atoms with E-state index in [9.17, 15) is 4.79 Å². The van der Waals surface area contributed by atoms with Crippen molar-refractivity contribution in [1.29, 1.82) is 0 Å². The van der Waals surface area contributed by atoms with Gasteiger partial charge in [0, 0.05) is 18.5 Å². The Morgan fingerprint density at radius 1 is 1.10 bits per heavy atom. The fourth-order valence-corrected chi connectivity index (χ4v) is 5.11. The molecule has 0 N–H and O–H groups in total. The highest BCUT2D eigenvalue weighted by atomic mass is 16.2. The second kappa shape index (κ2) is 5.03. The molecule has 1 unspecified atom stereocenters. The Morgan fingerprint density at radius 3 is 2.20 bits per heavy atom. The predicted molar refractivity (Wildman–Crippen MR) is 82.4 cm³/mol. The highest BCUT2D eigenvalue weighted by molar-refractivity contribution is 5.83. The molecule has 4 rings (SSSR count). The van der Waals surface area contributed by atoms with Gasteiger partial charge >= 0.3 is 0 Å². The standard InChI is InChI=1S/C18H31NO/c1-14(2)17-6-9-18(10-7-17,11-8-17)16(20)19-12-4-5-15(3)13-19/h14-15H,4-13H2,1-3H3. The molecule has 114 valence electrons. The number of carbonyl (C=O) groups is 1. The minimum absolute atomic E-state index is 0.0354. The summed E-state index contributed by atoms with van der Waals surface area (Å²) < 4.78 is 0. The minimum atomic E-state index is 0.0354. The van der Waals surface area contributed by atoms with Gasteiger partial charge in [-0.15, -0.1) is 0 Å². The van der Waals surface area contributed by atoms with E-state index in [0.717, 1.165) is 38.3 Å². The van der Waals surface area contributed by atoms with Crippen molar-refractivity contribution in [2.75, 3.05) is 13.1 Å². The van der Waals surface area contributed by atoms with E-state index in [-0.39, 0.29) is 5.41 Å². The van der Waals surface area contributed by atoms with Gasteiger partial charge in [-0.3, -0.25) is 4.79 Å². The molecule has 0 radical (unpaired) electrons. The van der Waals surface area contributed by atoms with Crippen molar-refractivity contribution in [3.05, 3.63) is 0 Å². The molecular weight excluding hydrogens is 246 g/mol. The third kappa shape index (κ3) is 2.19. The lowest BCUT2D eigenvalue weighted by Crippen LogP contribution is -2.54. The summed E-state index contributed by atoms with van der Waals surface area (Å²) in [4.78, 5) is 15.3. The number of piperidine rings is 1. The van der Waals surface area contributed by atoms with Crippen LogP contribution in [0.1, 0.15) is 72.1 Å². The van der Waals surface area contributed by atoms with Gasteiger partial charge in [0.2, 0.25) is 5.91 Å². The average Bonchev–Trinajstić information content (AvgIpc) is 2.48. The van der Waals surface area contributed by atoms with Crippen LogP contribution in [-0.4, -0.2) is 23.9 Å². The second-order valence-electron chi connectivity index (χ2n) is 8.30. The van der Waals surface area contributed by atoms with Crippen molar-refractivity contribution in [2.45, 2.75) is 72.1 Å². The highest BCUT2D eigenvalue weighted by Gasteiger charge is 2.54. The van der Waals surface area contributed by atoms with Crippen molar-refractivity contribution in [2.24, 2.45) is 22.7 Å². The minimum Gasteiger partial charge on any atom is -0.342 e. The summed E-state index contributed by atoms with van der Waals surface area (Å²) in [6, 6.07) is 0. The monoisotopic (exact) mass is 277 g/mol. The predicted octanol–water partition coefficient (Wildman–Crippen LogP) is 4.24. The maximum absolute atomic E-state index is 13.1. The van der Waals surface area contributed by atoms with Gasteiger partial charge < -0.3 is 4.90 Å². The molecular formula is C18H31NO. The lowest BCUT2D eigenvalue weighted by molar-refractivity contribution is -0.155. The Balaban J connectivity index is 1.71. The largest absolute Gasteiger partial charge is 0.342 e. The molecule has 1 aliphatic heterocycles. The van der Waals surface area contributed by atoms with Crippen LogP contribution in [0.5, 0.6) is 0 Å². The molecule has 2 bridgehead atoms. The zero-order valence-corrected chi connectivity index (χ0v) is 13.6. The zero-order valence-electron chi connectivity index (χ0n) is 13.6. The Bertz CT molecular complexity index is 362. The fourth-order valence-electron chi connectivity index (χ4n) is 5.11. The van der Waals surface area contributed by atoms with Crippen molar-refractivity contribution in [3.63, 3.8) is 0 Å². The third-order valence-corrected chi connectivity index (χ3v) is 6.93. The Kier molecular flexibility index (Phi) is 3.63. The Hall–Kier alpha value is -0.530. The number of hydrogen-bond acceptors (Lipinski definition) is 1. The first-order valence-electron chi connectivity index (χ1n) is 8.77. The summed E-state index contributed by atoms with van der Waals surface area (Å²) in [7, 11) is 0. The fraction of sp³-hybridized carbons (Fsp3) is 0.944. The molecule has 0 aromatic carbocycles. The van der Waals surface area contributed by atoms with E-state index in [2.05, 4.69) is 25.7 Å². The summed E-state index contributed by atoms with van der Waals surface area (Å²) >= 11 is 0. The van der Waals surface area contributed by atoms with Gasteiger partial charge in [-0.25, -0.2) is 0 Å². The quantitative estimate of drug-likeness (QED) is 0.739. The third-order valence-electron chi connectivity index (χ3n) is 6.93. The van der Waals surface area contributed by atoms with Crippen LogP contribution >= 0.6 is 0 Å². The lowest BCUT2D eigenvalue weighted by atomic mass is 9.50. The van der Waals surface area contributed by atoms with Gasteiger partial charge in [-0.05, 0) is 68.6 Å². The van der Waals surface area contributed by atoms with E-state index in [1.165, 1.54) is 32.1 Å². The van der Waals surface area contributed by atoms with Crippen LogP contribution in [-0.2, 0) is 4.79 Å². The van der Waals surface area contributed by atoms with Gasteiger partial charge in [0.1, 0.15) is 0 Å². The molecule has 3 saturated carbocycles. The molecule has 0 spiro atoms. The topological polar surface area (TPSA) is 20.3 Å². The number of carbonyl (C=O) groups excluding carboxylic acids is 1. The lowest BCUT2D eigenvalue weighted by Gasteiger charge is -2.55. The van der Waals surface area contributed by atoms with Gasteiger partial charge in [0.05, 0.1) is 0 Å². The molecule has 0 aromatic heterocycles. The summed E-state index contributed by atoms with van der Waals surface area (Å²) in [5.41, 5.74) is 0.602. The van der Waals surface area contributed by atoms with E-state index < -0.39 is 0 Å². The zero-order chi connectivity index (χ0) is 14.4. The van der Waals surface area contributed by atoms with Crippen molar-refractivity contribution in [3.8, 4) is 0 Å². The number of nitrogens with zero attached hydrogens (tertiary/aromatic N) is 1. The summed E-state index contributed by atoms with van der Waals surface area (Å²) in [6.45, 7) is 9.08. The van der Waals surface area contributed by atoms with E-state index in [4.69, 9.17) is 0 Å². The molecule has 20 heavy (non-hydrogen) atoms. The maximum atomic E-state index is 13.1. The number of rotatable bonds is 2. The molecule has 4 fully saturated rings. The number of likely N-dealkylation sites (tertiary alicyclic amines) is 1. The Morgan fingerprint density at radius 2 is 1.70 bits per heavy atom. The van der Waals surface area contributed by atoms with E-state index in [0.29, 0.717) is 17.2 Å². The molecule has 0 aromatic rings. The van der Waals surface area contributed by atoms with Crippen molar-refractivity contribution < 1.29 is 4.79 Å². The molecule has 2 heteroatoms. The van der Waals surface area contributed by atoms with Crippen molar-refractivity contribution >= 4 is 5.91 Å². The number of fused-ring (bicyclic) bond motifs is 3. The van der Waals surface area contributed by atoms with Crippen LogP contribution in [0.4, 0.5) is 0 Å². The number of amides is 1. The normalized spacial score (nSPS) is 41.2. The molecule has 1 saturated heterocycles. The second-order valence-corrected chi connectivity index (χ2v) is 8.30. The summed E-state index contributed by atoms with van der Waals surface area (Å²) in [5, 5.41) is 0. The first-order valence-corrected chi connectivity index (χ1v) is 8.77. The first-order chi connectivity index (χ1) is 9.47. The molecule has 1 heterocycles. The molecule has 3 aliphatic carbocycles. The van der Waals surface area contributed by atoms with Crippen LogP contribution in [0.3, 0.4) is 0 Å². The molecule has 1 amide bonds. The number of hydrogen-bond donors (Lipinski definition) is 0. The molecule has 2 nitrogen and oxygen atoms in total. The smallest absolute Gasteiger partial charge is 0.228 e. The molecule has 1 atom stereocenters. The average molecular weight is 277 g/mol. The van der Waals surface area contributed by atoms with Crippen LogP contribution < -0.4 is 0 Å². The summed E-state index contributed by atoms with van der Waals surface area (Å²) in [6.07, 6.45) is 9.87. The van der Waals surface area contributed by atoms with Crippen LogP contribution in [0.15, 0.2) is 0 Å². The Labute approximate surface area is 124 Å². The first kappa shape index (κ1) is 14.4. The summed E-state index contributed by atoms with van der Waals surface area (Å²) in [5.74, 6) is 2.00. The SMILES string of the molecule is CC1CCCN(C(=O)C23CCC(C(C)C)(CC2)CC3)C1. The van der Waals surface area contributed by atoms with Gasteiger partial charge in [-0.2, -0.15) is 0 Å². The van der Waals surface area contributed by atoms with Crippen LogP contribution in [0.25, 0.3) is 0 Å². The van der Waals surface area contributed by atoms with E-state index in [1.807, 2.05) is 0 Å². The highest BCUT2D eigenvalue weighted by Crippen LogP contribution is 2.60. The van der Waals surface area contributed by atoms with Gasteiger partial charge in [0.15, 0.2) is 0 Å². The van der Waals surface area contributed by atoms with E-state index in [1.54, 1.807) is 0 Å². The van der Waals surface area contributed by atoms with Crippen LogP contribution in [0.2, 0.25) is 0 Å². The maximum Gasteiger partial charge on any atom is 0.228 e. The van der Waals surface area contributed by atoms with E-state index >= 15 is 0 Å². The van der Waals surface area contributed by atoms with Gasteiger partial charge in [-0.1, -0.05) is 20.8 Å². The van der Waals surface area contributed by atoms with Gasteiger partial charge in [0.25, 0.3) is 0 Å². The molecule has 4 aliphatic rings. The van der Waals surface area contributed by atoms with Crippen molar-refractivity contribution in [1.82, 2.24) is 4.90 Å². The van der Waals surface area contributed by atoms with Crippen LogP contribution in [0, 0.1) is 22.7 Å².